The Morgan fingerprint density at radius 2 is 1.85 bits per heavy atom. The quantitative estimate of drug-likeness (QED) is 0.325. The molecule has 178 valence electrons. The highest BCUT2D eigenvalue weighted by Gasteiger charge is 2.26. The lowest BCUT2D eigenvalue weighted by Crippen LogP contribution is -2.38. The summed E-state index contributed by atoms with van der Waals surface area (Å²) in [5.41, 5.74) is 12.6. The summed E-state index contributed by atoms with van der Waals surface area (Å²) in [4.78, 5) is 26.1. The molecule has 3 aromatic rings. The Morgan fingerprint density at radius 1 is 1.12 bits per heavy atom. The minimum absolute atomic E-state index is 0.0301. The molecule has 2 atom stereocenters. The summed E-state index contributed by atoms with van der Waals surface area (Å²) in [5.74, 6) is -1.70. The van der Waals surface area contributed by atoms with Crippen LogP contribution in [0.4, 0.5) is 14.6 Å². The Morgan fingerprint density at radius 3 is 2.59 bits per heavy atom. The summed E-state index contributed by atoms with van der Waals surface area (Å²) in [7, 11) is 0. The van der Waals surface area contributed by atoms with Gasteiger partial charge in [-0.1, -0.05) is 30.5 Å². The number of fused-ring (bicyclic) bond motifs is 1. The van der Waals surface area contributed by atoms with Crippen LogP contribution < -0.4 is 22.1 Å². The third-order valence-electron chi connectivity index (χ3n) is 5.91. The van der Waals surface area contributed by atoms with Crippen molar-refractivity contribution in [2.75, 3.05) is 5.32 Å². The van der Waals surface area contributed by atoms with E-state index in [0.717, 1.165) is 48.8 Å². The van der Waals surface area contributed by atoms with Crippen LogP contribution in [-0.2, 0) is 6.54 Å². The van der Waals surface area contributed by atoms with Gasteiger partial charge < -0.3 is 22.1 Å². The predicted molar refractivity (Wildman–Crippen MR) is 127 cm³/mol. The number of nitrogens with zero attached hydrogens (tertiary/aromatic N) is 3. The van der Waals surface area contributed by atoms with Gasteiger partial charge in [-0.25, -0.2) is 23.7 Å². The Hall–Kier alpha value is -3.82. The lowest BCUT2D eigenvalue weighted by Gasteiger charge is -2.30. The largest absolute Gasteiger partial charge is 0.370 e. The minimum atomic E-state index is -0.736. The molecule has 1 aromatic heterocycles. The van der Waals surface area contributed by atoms with Gasteiger partial charge in [-0.2, -0.15) is 0 Å². The molecule has 1 aliphatic carbocycles. The molecule has 1 fully saturated rings. The van der Waals surface area contributed by atoms with Gasteiger partial charge in [0.25, 0.3) is 5.91 Å². The normalized spacial score (nSPS) is 17.9. The van der Waals surface area contributed by atoms with Crippen LogP contribution in [0.25, 0.3) is 10.9 Å². The van der Waals surface area contributed by atoms with Crippen LogP contribution in [0.15, 0.2) is 41.4 Å². The van der Waals surface area contributed by atoms with E-state index in [-0.39, 0.29) is 36.0 Å². The number of hydrogen-bond acceptors (Lipinski definition) is 5. The van der Waals surface area contributed by atoms with E-state index < -0.39 is 17.5 Å². The van der Waals surface area contributed by atoms with Crippen LogP contribution in [0.2, 0.25) is 0 Å². The van der Waals surface area contributed by atoms with Crippen LogP contribution in [0.5, 0.6) is 0 Å². The molecule has 10 heteroatoms. The third-order valence-corrected chi connectivity index (χ3v) is 5.91. The number of amides is 1. The summed E-state index contributed by atoms with van der Waals surface area (Å²) >= 11 is 0. The number of hydrogen-bond donors (Lipinski definition) is 4. The lowest BCUT2D eigenvalue weighted by atomic mass is 9.90. The number of aromatic nitrogens is 2. The Labute approximate surface area is 195 Å². The minimum Gasteiger partial charge on any atom is -0.370 e. The van der Waals surface area contributed by atoms with Crippen molar-refractivity contribution < 1.29 is 13.6 Å². The van der Waals surface area contributed by atoms with Gasteiger partial charge in [0.1, 0.15) is 17.5 Å². The predicted octanol–water partition coefficient (Wildman–Crippen LogP) is 3.14. The molecule has 1 aliphatic rings. The van der Waals surface area contributed by atoms with Crippen LogP contribution in [0, 0.1) is 18.6 Å². The average Bonchev–Trinajstić information content (AvgIpc) is 2.79. The van der Waals surface area contributed by atoms with Gasteiger partial charge in [-0.05, 0) is 44.0 Å². The molecule has 2 aromatic carbocycles. The molecule has 4 rings (SSSR count). The summed E-state index contributed by atoms with van der Waals surface area (Å²) in [6.07, 6.45) is 3.70. The molecule has 1 heterocycles. The number of carbonyl (C=O) groups excluding carboxylic acids is 1. The topological polar surface area (TPSA) is 131 Å². The highest BCUT2D eigenvalue weighted by molar-refractivity contribution is 5.96. The molecular weight excluding hydrogens is 440 g/mol. The van der Waals surface area contributed by atoms with Crippen molar-refractivity contribution in [1.82, 2.24) is 15.3 Å². The molecule has 0 aliphatic heterocycles. The second-order valence-corrected chi connectivity index (χ2v) is 8.46. The number of guanidine groups is 1. The van der Waals surface area contributed by atoms with Crippen LogP contribution in [0.1, 0.15) is 47.4 Å². The first kappa shape index (κ1) is 23.3. The molecule has 1 amide bonds. The van der Waals surface area contributed by atoms with E-state index >= 15 is 0 Å². The summed E-state index contributed by atoms with van der Waals surface area (Å²) < 4.78 is 27.9. The number of halogens is 2. The second-order valence-electron chi connectivity index (χ2n) is 8.46. The highest BCUT2D eigenvalue weighted by Crippen LogP contribution is 2.28. The lowest BCUT2D eigenvalue weighted by molar-refractivity contribution is 0.0940. The van der Waals surface area contributed by atoms with Crippen molar-refractivity contribution >= 4 is 28.6 Å². The van der Waals surface area contributed by atoms with Gasteiger partial charge in [0.2, 0.25) is 5.82 Å². The molecule has 6 N–H and O–H groups in total. The van der Waals surface area contributed by atoms with E-state index in [4.69, 9.17) is 11.5 Å². The maximum absolute atomic E-state index is 13.9. The molecule has 2 unspecified atom stereocenters. The molecule has 8 nitrogen and oxygen atoms in total. The molecule has 0 saturated heterocycles. The van der Waals surface area contributed by atoms with Gasteiger partial charge >= 0.3 is 0 Å². The summed E-state index contributed by atoms with van der Waals surface area (Å²) in [6.45, 7) is 1.63. The average molecular weight is 468 g/mol. The fraction of sp³-hybridized carbons (Fsp3) is 0.333. The molecule has 0 radical (unpaired) electrons. The molecule has 0 spiro atoms. The summed E-state index contributed by atoms with van der Waals surface area (Å²) in [5, 5.41) is 6.69. The summed E-state index contributed by atoms with van der Waals surface area (Å²) in [6, 6.07) is 8.98. The SMILES string of the molecule is Cc1ccc2nc(C(=O)NCc3c(F)cccc3F)nc(NC3CCCCC3N=C(N)N)c2c1. The van der Waals surface area contributed by atoms with Crippen LogP contribution in [0.3, 0.4) is 0 Å². The monoisotopic (exact) mass is 467 g/mol. The van der Waals surface area contributed by atoms with Gasteiger partial charge in [-0.3, -0.25) is 4.79 Å². The number of carbonyl (C=O) groups is 1. The first-order valence-corrected chi connectivity index (χ1v) is 11.2. The first-order valence-electron chi connectivity index (χ1n) is 11.2. The number of nitrogens with two attached hydrogens (primary N) is 2. The van der Waals surface area contributed by atoms with E-state index in [2.05, 4.69) is 25.6 Å². The zero-order valence-corrected chi connectivity index (χ0v) is 18.8. The van der Waals surface area contributed by atoms with Gasteiger partial charge in [0, 0.05) is 17.5 Å². The second kappa shape index (κ2) is 9.98. The third kappa shape index (κ3) is 5.22. The fourth-order valence-corrected chi connectivity index (χ4v) is 4.20. The Balaban J connectivity index is 1.64. The van der Waals surface area contributed by atoms with E-state index in [1.165, 1.54) is 6.07 Å². The van der Waals surface area contributed by atoms with Crippen LogP contribution in [-0.4, -0.2) is 33.9 Å². The van der Waals surface area contributed by atoms with Gasteiger partial charge in [0.15, 0.2) is 5.96 Å². The van der Waals surface area contributed by atoms with Crippen molar-refractivity contribution in [3.8, 4) is 0 Å². The van der Waals surface area contributed by atoms with Crippen molar-refractivity contribution in [1.29, 1.82) is 0 Å². The Bertz CT molecular complexity index is 1220. The number of rotatable bonds is 6. The number of nitrogens with one attached hydrogen (secondary N) is 2. The molecule has 34 heavy (non-hydrogen) atoms. The maximum Gasteiger partial charge on any atom is 0.289 e. The molecular formula is C24H27F2N7O. The number of aliphatic imine (C=N–C) groups is 1. The van der Waals surface area contributed by atoms with E-state index in [1.807, 2.05) is 19.1 Å². The van der Waals surface area contributed by atoms with Gasteiger partial charge in [-0.15, -0.1) is 0 Å². The van der Waals surface area contributed by atoms with E-state index in [0.29, 0.717) is 11.3 Å². The number of aryl methyl sites for hydroxylation is 1. The molecule has 0 bridgehead atoms. The van der Waals surface area contributed by atoms with Crippen molar-refractivity contribution in [3.63, 3.8) is 0 Å². The van der Waals surface area contributed by atoms with Crippen molar-refractivity contribution in [3.05, 3.63) is 65.0 Å². The standard InChI is InChI=1S/C24H27F2N7O/c1-13-9-10-18-14(11-13)21(31-19-7-2-3-8-20(19)32-24(27)28)33-22(30-18)23(34)29-12-15-16(25)5-4-6-17(15)26/h4-6,9-11,19-20H,2-3,7-8,12H2,1H3,(H,29,34)(H4,27,28,32)(H,30,31,33). The maximum atomic E-state index is 13.9. The first-order chi connectivity index (χ1) is 16.3. The zero-order chi connectivity index (χ0) is 24.2. The van der Waals surface area contributed by atoms with Crippen LogP contribution >= 0.6 is 0 Å². The molecule has 1 saturated carbocycles. The highest BCUT2D eigenvalue weighted by atomic mass is 19.1. The Kier molecular flexibility index (Phi) is 6.85. The van der Waals surface area contributed by atoms with E-state index in [1.54, 1.807) is 6.07 Å². The number of anilines is 1. The van der Waals surface area contributed by atoms with E-state index in [9.17, 15) is 13.6 Å². The van der Waals surface area contributed by atoms with Crippen molar-refractivity contribution in [2.24, 2.45) is 16.5 Å². The smallest absolute Gasteiger partial charge is 0.289 e. The van der Waals surface area contributed by atoms with Crippen molar-refractivity contribution in [2.45, 2.75) is 51.2 Å². The number of benzene rings is 2. The van der Waals surface area contributed by atoms with Gasteiger partial charge in [0.05, 0.1) is 17.6 Å². The zero-order valence-electron chi connectivity index (χ0n) is 18.8. The fourth-order valence-electron chi connectivity index (χ4n) is 4.20.